The smallest absolute Gasteiger partial charge is 0.241 e. The van der Waals surface area contributed by atoms with Crippen LogP contribution in [-0.2, 0) is 14.3 Å². The molecule has 16 heavy (non-hydrogen) atoms. The molecule has 1 saturated heterocycles. The lowest BCUT2D eigenvalue weighted by Gasteiger charge is -2.25. The molecule has 1 fully saturated rings. The number of hydrogen-bond donors (Lipinski definition) is 1. The van der Waals surface area contributed by atoms with Crippen molar-refractivity contribution in [3.05, 3.63) is 0 Å². The van der Waals surface area contributed by atoms with E-state index in [1.165, 1.54) is 0 Å². The second-order valence-electron chi connectivity index (χ2n) is 4.11. The normalized spacial score (nSPS) is 27.5. The Morgan fingerprint density at radius 2 is 2.19 bits per heavy atom. The van der Waals surface area contributed by atoms with Crippen LogP contribution < -0.4 is 5.32 Å². The molecule has 3 atom stereocenters. The van der Waals surface area contributed by atoms with E-state index in [1.807, 2.05) is 18.7 Å². The van der Waals surface area contributed by atoms with Crippen LogP contribution in [0.25, 0.3) is 0 Å². The van der Waals surface area contributed by atoms with Gasteiger partial charge in [0.2, 0.25) is 5.91 Å². The molecule has 5 heteroatoms. The number of carbonyl (C=O) groups excluding carboxylic acids is 1. The monoisotopic (exact) mass is 230 g/mol. The zero-order valence-corrected chi connectivity index (χ0v) is 10.5. The van der Waals surface area contributed by atoms with Crippen molar-refractivity contribution in [2.45, 2.75) is 38.6 Å². The molecule has 0 radical (unpaired) electrons. The molecule has 0 aliphatic carbocycles. The third-order valence-electron chi connectivity index (χ3n) is 2.99. The maximum atomic E-state index is 12.0. The molecular weight excluding hydrogens is 208 g/mol. The fourth-order valence-corrected chi connectivity index (χ4v) is 1.98. The number of methoxy groups -OCH3 is 2. The minimum absolute atomic E-state index is 0.0462. The van der Waals surface area contributed by atoms with E-state index in [0.717, 1.165) is 6.42 Å². The topological polar surface area (TPSA) is 50.8 Å². The molecule has 0 aromatic carbocycles. The first-order chi connectivity index (χ1) is 7.63. The molecule has 1 heterocycles. The highest BCUT2D eigenvalue weighted by molar-refractivity contribution is 5.84. The lowest BCUT2D eigenvalue weighted by Crippen LogP contribution is -2.42. The fraction of sp³-hybridized carbons (Fsp3) is 0.909. The van der Waals surface area contributed by atoms with Gasteiger partial charge in [-0.2, -0.15) is 0 Å². The van der Waals surface area contributed by atoms with Crippen LogP contribution in [0.3, 0.4) is 0 Å². The van der Waals surface area contributed by atoms with E-state index >= 15 is 0 Å². The Bertz CT molecular complexity index is 235. The summed E-state index contributed by atoms with van der Waals surface area (Å²) in [5, 5.41) is 3.25. The zero-order chi connectivity index (χ0) is 12.1. The largest absolute Gasteiger partial charge is 0.382 e. The van der Waals surface area contributed by atoms with Gasteiger partial charge in [-0.25, -0.2) is 0 Å². The van der Waals surface area contributed by atoms with Gasteiger partial charge >= 0.3 is 0 Å². The number of carbonyl (C=O) groups is 1. The molecule has 1 amide bonds. The first-order valence-electron chi connectivity index (χ1n) is 5.72. The highest BCUT2D eigenvalue weighted by Crippen LogP contribution is 2.13. The maximum Gasteiger partial charge on any atom is 0.241 e. The van der Waals surface area contributed by atoms with Crippen LogP contribution in [0.5, 0.6) is 0 Å². The Balaban J connectivity index is 2.55. The maximum absolute atomic E-state index is 12.0. The van der Waals surface area contributed by atoms with E-state index in [2.05, 4.69) is 5.32 Å². The molecule has 1 aliphatic rings. The fourth-order valence-electron chi connectivity index (χ4n) is 1.98. The van der Waals surface area contributed by atoms with Gasteiger partial charge in [-0.05, 0) is 13.3 Å². The van der Waals surface area contributed by atoms with Crippen LogP contribution in [0.15, 0.2) is 0 Å². The number of nitrogens with zero attached hydrogens (tertiary/aromatic N) is 1. The third-order valence-corrected chi connectivity index (χ3v) is 2.99. The third kappa shape index (κ3) is 2.93. The zero-order valence-electron chi connectivity index (χ0n) is 10.5. The van der Waals surface area contributed by atoms with Gasteiger partial charge < -0.3 is 14.4 Å². The van der Waals surface area contributed by atoms with Crippen molar-refractivity contribution in [1.29, 1.82) is 0 Å². The predicted molar refractivity (Wildman–Crippen MR) is 61.1 cm³/mol. The standard InChI is InChI=1S/C11H22N2O3/c1-5-10-11(14)13(8(2)12-10)6-9(16-4)7-15-3/h8-10,12H,5-7H2,1-4H3. The van der Waals surface area contributed by atoms with Crippen LogP contribution in [0.4, 0.5) is 0 Å². The lowest BCUT2D eigenvalue weighted by molar-refractivity contribution is -0.132. The van der Waals surface area contributed by atoms with Gasteiger partial charge in [0.25, 0.3) is 0 Å². The van der Waals surface area contributed by atoms with Crippen molar-refractivity contribution < 1.29 is 14.3 Å². The number of hydrogen-bond acceptors (Lipinski definition) is 4. The van der Waals surface area contributed by atoms with Crippen molar-refractivity contribution in [2.24, 2.45) is 0 Å². The molecule has 0 bridgehead atoms. The average Bonchev–Trinajstić information content (AvgIpc) is 2.55. The van der Waals surface area contributed by atoms with Crippen LogP contribution in [-0.4, -0.2) is 56.5 Å². The number of nitrogens with one attached hydrogen (secondary N) is 1. The number of rotatable bonds is 6. The second kappa shape index (κ2) is 6.18. The van der Waals surface area contributed by atoms with Crippen LogP contribution in [0, 0.1) is 0 Å². The van der Waals surface area contributed by atoms with E-state index in [4.69, 9.17) is 9.47 Å². The van der Waals surface area contributed by atoms with Gasteiger partial charge in [0.15, 0.2) is 0 Å². The minimum Gasteiger partial charge on any atom is -0.382 e. The molecule has 3 unspecified atom stereocenters. The Labute approximate surface area is 97.1 Å². The first kappa shape index (κ1) is 13.4. The van der Waals surface area contributed by atoms with Crippen LogP contribution in [0.2, 0.25) is 0 Å². The van der Waals surface area contributed by atoms with Crippen molar-refractivity contribution >= 4 is 5.91 Å². The summed E-state index contributed by atoms with van der Waals surface area (Å²) in [6.45, 7) is 5.08. The van der Waals surface area contributed by atoms with Crippen molar-refractivity contribution in [2.75, 3.05) is 27.4 Å². The van der Waals surface area contributed by atoms with E-state index in [9.17, 15) is 4.79 Å². The molecule has 0 aromatic rings. The summed E-state index contributed by atoms with van der Waals surface area (Å²) >= 11 is 0. The van der Waals surface area contributed by atoms with Gasteiger partial charge in [0, 0.05) is 14.2 Å². The molecule has 1 aliphatic heterocycles. The second-order valence-corrected chi connectivity index (χ2v) is 4.11. The Morgan fingerprint density at radius 3 is 2.62 bits per heavy atom. The minimum atomic E-state index is -0.0613. The molecular formula is C11H22N2O3. The molecule has 0 spiro atoms. The van der Waals surface area contributed by atoms with E-state index in [-0.39, 0.29) is 24.2 Å². The summed E-state index contributed by atoms with van der Waals surface area (Å²) in [6.07, 6.45) is 0.836. The highest BCUT2D eigenvalue weighted by atomic mass is 16.5. The summed E-state index contributed by atoms with van der Waals surface area (Å²) in [5.74, 6) is 0.160. The van der Waals surface area contributed by atoms with Crippen molar-refractivity contribution in [1.82, 2.24) is 10.2 Å². The molecule has 0 saturated carbocycles. The average molecular weight is 230 g/mol. The Kier molecular flexibility index (Phi) is 5.18. The van der Waals surface area contributed by atoms with Crippen LogP contribution >= 0.6 is 0 Å². The van der Waals surface area contributed by atoms with E-state index in [0.29, 0.717) is 13.2 Å². The Hall–Kier alpha value is -0.650. The van der Waals surface area contributed by atoms with Gasteiger partial charge in [-0.3, -0.25) is 10.1 Å². The summed E-state index contributed by atoms with van der Waals surface area (Å²) < 4.78 is 10.3. The predicted octanol–water partition coefficient (Wildman–Crippen LogP) is 0.204. The number of ether oxygens (including phenoxy) is 2. The molecule has 94 valence electrons. The summed E-state index contributed by atoms with van der Waals surface area (Å²) in [6, 6.07) is -0.0462. The van der Waals surface area contributed by atoms with E-state index in [1.54, 1.807) is 14.2 Å². The van der Waals surface area contributed by atoms with Gasteiger partial charge in [-0.1, -0.05) is 6.92 Å². The summed E-state index contributed by atoms with van der Waals surface area (Å²) in [7, 11) is 3.27. The first-order valence-corrected chi connectivity index (χ1v) is 5.72. The molecule has 5 nitrogen and oxygen atoms in total. The van der Waals surface area contributed by atoms with Crippen molar-refractivity contribution in [3.63, 3.8) is 0 Å². The highest BCUT2D eigenvalue weighted by Gasteiger charge is 2.36. The quantitative estimate of drug-likeness (QED) is 0.708. The number of amides is 1. The summed E-state index contributed by atoms with van der Waals surface area (Å²) in [5.41, 5.74) is 0. The molecule has 1 N–H and O–H groups in total. The van der Waals surface area contributed by atoms with Gasteiger partial charge in [0.05, 0.1) is 31.5 Å². The van der Waals surface area contributed by atoms with E-state index < -0.39 is 0 Å². The molecule has 0 aromatic heterocycles. The SMILES string of the molecule is CCC1NC(C)N(CC(COC)OC)C1=O. The summed E-state index contributed by atoms with van der Waals surface area (Å²) in [4.78, 5) is 13.8. The van der Waals surface area contributed by atoms with Gasteiger partial charge in [0.1, 0.15) is 0 Å². The van der Waals surface area contributed by atoms with Gasteiger partial charge in [-0.15, -0.1) is 0 Å². The van der Waals surface area contributed by atoms with Crippen LogP contribution in [0.1, 0.15) is 20.3 Å². The Morgan fingerprint density at radius 1 is 1.50 bits per heavy atom. The molecule has 1 rings (SSSR count). The van der Waals surface area contributed by atoms with Crippen molar-refractivity contribution in [3.8, 4) is 0 Å². The lowest BCUT2D eigenvalue weighted by atomic mass is 10.2.